The predicted molar refractivity (Wildman–Crippen MR) is 75.8 cm³/mol. The molecule has 2 rings (SSSR count). The van der Waals surface area contributed by atoms with Crippen LogP contribution in [-0.4, -0.2) is 15.9 Å². The molecule has 0 aliphatic rings. The van der Waals surface area contributed by atoms with E-state index in [1.165, 1.54) is 11.8 Å². The Bertz CT molecular complexity index is 599. The second-order valence-electron chi connectivity index (χ2n) is 3.85. The largest absolute Gasteiger partial charge is 0.322 e. The van der Waals surface area contributed by atoms with Gasteiger partial charge in [0.15, 0.2) is 0 Å². The van der Waals surface area contributed by atoms with Gasteiger partial charge in [-0.1, -0.05) is 30.7 Å². The molecule has 0 aliphatic heterocycles. The number of rotatable bonds is 3. The van der Waals surface area contributed by atoms with Gasteiger partial charge in [0.05, 0.1) is 5.56 Å². The van der Waals surface area contributed by atoms with E-state index in [2.05, 4.69) is 22.2 Å². The molecule has 0 aliphatic carbocycles. The van der Waals surface area contributed by atoms with Gasteiger partial charge in [-0.2, -0.15) is 0 Å². The summed E-state index contributed by atoms with van der Waals surface area (Å²) in [4.78, 5) is 19.4. The van der Waals surface area contributed by atoms with E-state index in [4.69, 9.17) is 23.2 Å². The van der Waals surface area contributed by atoms with Crippen LogP contribution < -0.4 is 5.32 Å². The molecular weight excluding hydrogens is 285 g/mol. The summed E-state index contributed by atoms with van der Waals surface area (Å²) in [7, 11) is 0. The van der Waals surface area contributed by atoms with Gasteiger partial charge in [0.2, 0.25) is 5.28 Å². The van der Waals surface area contributed by atoms with Crippen LogP contribution in [0.25, 0.3) is 0 Å². The van der Waals surface area contributed by atoms with Crippen LogP contribution in [0.4, 0.5) is 5.69 Å². The maximum Gasteiger partial charge on any atom is 0.260 e. The van der Waals surface area contributed by atoms with E-state index in [0.717, 1.165) is 6.42 Å². The third kappa shape index (κ3) is 3.43. The van der Waals surface area contributed by atoms with Gasteiger partial charge >= 0.3 is 0 Å². The van der Waals surface area contributed by atoms with Crippen molar-refractivity contribution in [1.82, 2.24) is 9.97 Å². The van der Waals surface area contributed by atoms with Gasteiger partial charge in [0.25, 0.3) is 5.91 Å². The molecule has 2 aromatic rings. The van der Waals surface area contributed by atoms with Crippen molar-refractivity contribution in [3.05, 3.63) is 52.0 Å². The molecule has 0 atom stereocenters. The number of nitrogens with one attached hydrogen (secondary N) is 1. The Hall–Kier alpha value is -1.65. The average Bonchev–Trinajstić information content (AvgIpc) is 2.39. The molecule has 1 heterocycles. The standard InChI is InChI=1S/C13H11Cl2N3O/c1-2-8-3-5-9(6-4-8)17-12(19)10-7-16-13(15)18-11(10)14/h3-7H,2H2,1H3,(H,17,19). The second kappa shape index (κ2) is 5.99. The molecule has 1 N–H and O–H groups in total. The van der Waals surface area contributed by atoms with Crippen LogP contribution >= 0.6 is 23.2 Å². The van der Waals surface area contributed by atoms with Crippen molar-refractivity contribution in [2.45, 2.75) is 13.3 Å². The molecule has 19 heavy (non-hydrogen) atoms. The van der Waals surface area contributed by atoms with Gasteiger partial charge < -0.3 is 5.32 Å². The van der Waals surface area contributed by atoms with Gasteiger partial charge in [-0.15, -0.1) is 0 Å². The monoisotopic (exact) mass is 295 g/mol. The summed E-state index contributed by atoms with van der Waals surface area (Å²) in [5.41, 5.74) is 2.07. The lowest BCUT2D eigenvalue weighted by atomic mass is 10.1. The maximum absolute atomic E-state index is 12.0. The Balaban J connectivity index is 2.15. The molecule has 0 unspecified atom stereocenters. The Morgan fingerprint density at radius 3 is 2.53 bits per heavy atom. The minimum Gasteiger partial charge on any atom is -0.322 e. The van der Waals surface area contributed by atoms with Crippen LogP contribution in [0.15, 0.2) is 30.5 Å². The molecule has 0 saturated carbocycles. The van der Waals surface area contributed by atoms with Crippen molar-refractivity contribution in [2.75, 3.05) is 5.32 Å². The highest BCUT2D eigenvalue weighted by molar-refractivity contribution is 6.34. The predicted octanol–water partition coefficient (Wildman–Crippen LogP) is 3.60. The molecule has 0 bridgehead atoms. The van der Waals surface area contributed by atoms with Gasteiger partial charge in [-0.05, 0) is 35.7 Å². The first-order chi connectivity index (χ1) is 9.10. The number of aryl methyl sites for hydroxylation is 1. The number of carbonyl (C=O) groups excluding carboxylic acids is 1. The lowest BCUT2D eigenvalue weighted by Crippen LogP contribution is -2.13. The van der Waals surface area contributed by atoms with E-state index in [1.807, 2.05) is 24.3 Å². The molecule has 6 heteroatoms. The van der Waals surface area contributed by atoms with Crippen LogP contribution in [-0.2, 0) is 6.42 Å². The zero-order chi connectivity index (χ0) is 13.8. The van der Waals surface area contributed by atoms with Crippen molar-refractivity contribution in [3.63, 3.8) is 0 Å². The van der Waals surface area contributed by atoms with Crippen molar-refractivity contribution >= 4 is 34.8 Å². The molecule has 1 aromatic heterocycles. The topological polar surface area (TPSA) is 54.9 Å². The fourth-order valence-corrected chi connectivity index (χ4v) is 1.91. The molecule has 4 nitrogen and oxygen atoms in total. The number of anilines is 1. The zero-order valence-electron chi connectivity index (χ0n) is 10.2. The number of hydrogen-bond donors (Lipinski definition) is 1. The van der Waals surface area contributed by atoms with Gasteiger partial charge in [0.1, 0.15) is 5.15 Å². The molecule has 1 amide bonds. The van der Waals surface area contributed by atoms with Crippen LogP contribution in [0.2, 0.25) is 10.4 Å². The normalized spacial score (nSPS) is 10.3. The van der Waals surface area contributed by atoms with E-state index < -0.39 is 0 Å². The zero-order valence-corrected chi connectivity index (χ0v) is 11.7. The smallest absolute Gasteiger partial charge is 0.260 e. The highest BCUT2D eigenvalue weighted by atomic mass is 35.5. The average molecular weight is 296 g/mol. The Morgan fingerprint density at radius 1 is 1.26 bits per heavy atom. The molecule has 0 spiro atoms. The summed E-state index contributed by atoms with van der Waals surface area (Å²) >= 11 is 11.4. The molecule has 0 saturated heterocycles. The highest BCUT2D eigenvalue weighted by Gasteiger charge is 2.13. The fourth-order valence-electron chi connectivity index (χ4n) is 1.52. The van der Waals surface area contributed by atoms with Crippen LogP contribution in [0.5, 0.6) is 0 Å². The van der Waals surface area contributed by atoms with Gasteiger partial charge in [0, 0.05) is 11.9 Å². The lowest BCUT2D eigenvalue weighted by molar-refractivity contribution is 0.102. The molecule has 98 valence electrons. The van der Waals surface area contributed by atoms with Crippen LogP contribution in [0, 0.1) is 0 Å². The fraction of sp³-hybridized carbons (Fsp3) is 0.154. The van der Waals surface area contributed by atoms with Gasteiger partial charge in [-0.3, -0.25) is 4.79 Å². The second-order valence-corrected chi connectivity index (χ2v) is 4.54. The summed E-state index contributed by atoms with van der Waals surface area (Å²) in [5, 5.41) is 2.76. The SMILES string of the molecule is CCc1ccc(NC(=O)c2cnc(Cl)nc2Cl)cc1. The van der Waals surface area contributed by atoms with Crippen LogP contribution in [0.3, 0.4) is 0 Å². The Morgan fingerprint density at radius 2 is 1.95 bits per heavy atom. The third-order valence-electron chi connectivity index (χ3n) is 2.58. The number of nitrogens with zero attached hydrogens (tertiary/aromatic N) is 2. The van der Waals surface area contributed by atoms with Crippen molar-refractivity contribution in [2.24, 2.45) is 0 Å². The summed E-state index contributed by atoms with van der Waals surface area (Å²) in [6.45, 7) is 2.07. The summed E-state index contributed by atoms with van der Waals surface area (Å²) in [6.07, 6.45) is 2.25. The number of amides is 1. The molecule has 1 aromatic carbocycles. The van der Waals surface area contributed by atoms with Crippen molar-refractivity contribution in [3.8, 4) is 0 Å². The van der Waals surface area contributed by atoms with E-state index in [9.17, 15) is 4.79 Å². The maximum atomic E-state index is 12.0. The van der Waals surface area contributed by atoms with E-state index >= 15 is 0 Å². The van der Waals surface area contributed by atoms with Crippen molar-refractivity contribution < 1.29 is 4.79 Å². The van der Waals surface area contributed by atoms with E-state index in [-0.39, 0.29) is 21.9 Å². The molecular formula is C13H11Cl2N3O. The number of benzene rings is 1. The Labute approximate surface area is 120 Å². The lowest BCUT2D eigenvalue weighted by Gasteiger charge is -2.06. The van der Waals surface area contributed by atoms with E-state index in [0.29, 0.717) is 5.69 Å². The van der Waals surface area contributed by atoms with Gasteiger partial charge in [-0.25, -0.2) is 9.97 Å². The third-order valence-corrected chi connectivity index (χ3v) is 3.05. The first-order valence-electron chi connectivity index (χ1n) is 5.68. The first kappa shape index (κ1) is 13.8. The summed E-state index contributed by atoms with van der Waals surface area (Å²) in [5.74, 6) is -0.370. The van der Waals surface area contributed by atoms with Crippen molar-refractivity contribution in [1.29, 1.82) is 0 Å². The minimum absolute atomic E-state index is 0.00819. The molecule has 0 radical (unpaired) electrons. The Kier molecular flexibility index (Phi) is 4.35. The number of hydrogen-bond acceptors (Lipinski definition) is 3. The number of halogens is 2. The van der Waals surface area contributed by atoms with Crippen LogP contribution in [0.1, 0.15) is 22.8 Å². The quantitative estimate of drug-likeness (QED) is 0.695. The summed E-state index contributed by atoms with van der Waals surface area (Å²) < 4.78 is 0. The summed E-state index contributed by atoms with van der Waals surface area (Å²) in [6, 6.07) is 7.58. The minimum atomic E-state index is -0.370. The van der Waals surface area contributed by atoms with E-state index in [1.54, 1.807) is 0 Å². The highest BCUT2D eigenvalue weighted by Crippen LogP contribution is 2.17. The molecule has 0 fully saturated rings. The first-order valence-corrected chi connectivity index (χ1v) is 6.44. The number of carbonyl (C=O) groups is 1. The number of aromatic nitrogens is 2.